The fourth-order valence-electron chi connectivity index (χ4n) is 2.61. The number of rotatable bonds is 4. The average molecular weight is 264 g/mol. The summed E-state index contributed by atoms with van der Waals surface area (Å²) in [5.74, 6) is 0.114. The van der Waals surface area contributed by atoms with E-state index in [-0.39, 0.29) is 18.4 Å². The van der Waals surface area contributed by atoms with Crippen molar-refractivity contribution < 1.29 is 19.2 Å². The molecule has 1 N–H and O–H groups in total. The van der Waals surface area contributed by atoms with E-state index in [2.05, 4.69) is 5.16 Å². The van der Waals surface area contributed by atoms with E-state index >= 15 is 0 Å². The number of hydrogen-bond donors (Lipinski definition) is 1. The maximum absolute atomic E-state index is 12.3. The van der Waals surface area contributed by atoms with Crippen molar-refractivity contribution in [3.05, 3.63) is 17.5 Å². The number of amides is 1. The van der Waals surface area contributed by atoms with E-state index < -0.39 is 5.97 Å². The van der Waals surface area contributed by atoms with Crippen LogP contribution < -0.4 is 0 Å². The van der Waals surface area contributed by atoms with Crippen LogP contribution in [0.25, 0.3) is 0 Å². The molecule has 1 unspecified atom stereocenters. The molecule has 102 valence electrons. The molecule has 1 amide bonds. The predicted molar refractivity (Wildman–Crippen MR) is 64.8 cm³/mol. The van der Waals surface area contributed by atoms with Gasteiger partial charge in [-0.1, -0.05) is 5.16 Å². The maximum atomic E-state index is 12.3. The van der Waals surface area contributed by atoms with Gasteiger partial charge in [0.15, 0.2) is 5.69 Å². The summed E-state index contributed by atoms with van der Waals surface area (Å²) >= 11 is 0. The summed E-state index contributed by atoms with van der Waals surface area (Å²) in [6, 6.07) is 1.49. The molecule has 3 rings (SSSR count). The third kappa shape index (κ3) is 2.47. The SMILES string of the molecule is O=C(O)CC1CCCN1C(=O)c1cc(C2CC2)on1. The zero-order chi connectivity index (χ0) is 13.4. The molecular weight excluding hydrogens is 248 g/mol. The summed E-state index contributed by atoms with van der Waals surface area (Å²) in [5, 5.41) is 12.7. The number of carbonyl (C=O) groups excluding carboxylic acids is 1. The highest BCUT2D eigenvalue weighted by atomic mass is 16.5. The Bertz CT molecular complexity index is 506. The zero-order valence-electron chi connectivity index (χ0n) is 10.5. The van der Waals surface area contributed by atoms with E-state index in [1.54, 1.807) is 11.0 Å². The Morgan fingerprint density at radius 2 is 2.21 bits per heavy atom. The lowest BCUT2D eigenvalue weighted by molar-refractivity contribution is -0.137. The molecule has 2 heterocycles. The Morgan fingerprint density at radius 3 is 2.89 bits per heavy atom. The summed E-state index contributed by atoms with van der Waals surface area (Å²) in [7, 11) is 0. The van der Waals surface area contributed by atoms with Crippen LogP contribution in [0.5, 0.6) is 0 Å². The summed E-state index contributed by atoms with van der Waals surface area (Å²) < 4.78 is 5.17. The van der Waals surface area contributed by atoms with Gasteiger partial charge in [0, 0.05) is 24.6 Å². The van der Waals surface area contributed by atoms with Crippen molar-refractivity contribution in [2.45, 2.75) is 44.1 Å². The fourth-order valence-corrected chi connectivity index (χ4v) is 2.61. The van der Waals surface area contributed by atoms with Gasteiger partial charge in [-0.2, -0.15) is 0 Å². The molecule has 1 aromatic rings. The molecule has 0 bridgehead atoms. The van der Waals surface area contributed by atoms with Gasteiger partial charge in [0.2, 0.25) is 0 Å². The number of carboxylic acids is 1. The van der Waals surface area contributed by atoms with E-state index in [0.29, 0.717) is 18.2 Å². The highest BCUT2D eigenvalue weighted by molar-refractivity contribution is 5.93. The van der Waals surface area contributed by atoms with Crippen LogP contribution in [0.4, 0.5) is 0 Å². The molecule has 1 saturated carbocycles. The highest BCUT2D eigenvalue weighted by Crippen LogP contribution is 2.40. The van der Waals surface area contributed by atoms with Crippen molar-refractivity contribution in [3.63, 3.8) is 0 Å². The van der Waals surface area contributed by atoms with Crippen molar-refractivity contribution in [3.8, 4) is 0 Å². The molecule has 1 aliphatic heterocycles. The number of carbonyl (C=O) groups is 2. The molecule has 6 heteroatoms. The quantitative estimate of drug-likeness (QED) is 0.893. The van der Waals surface area contributed by atoms with Crippen LogP contribution in [-0.2, 0) is 4.79 Å². The van der Waals surface area contributed by atoms with Crippen LogP contribution in [0, 0.1) is 0 Å². The fraction of sp³-hybridized carbons (Fsp3) is 0.615. The molecule has 2 aliphatic rings. The summed E-state index contributed by atoms with van der Waals surface area (Å²) in [5.41, 5.74) is 0.305. The number of aromatic nitrogens is 1. The van der Waals surface area contributed by atoms with Gasteiger partial charge in [-0.3, -0.25) is 9.59 Å². The monoisotopic (exact) mass is 264 g/mol. The molecule has 6 nitrogen and oxygen atoms in total. The van der Waals surface area contributed by atoms with Crippen LogP contribution >= 0.6 is 0 Å². The molecule has 2 fully saturated rings. The third-order valence-corrected chi connectivity index (χ3v) is 3.78. The van der Waals surface area contributed by atoms with Crippen molar-refractivity contribution >= 4 is 11.9 Å². The van der Waals surface area contributed by atoms with Crippen LogP contribution in [-0.4, -0.2) is 39.6 Å². The Hall–Kier alpha value is -1.85. The van der Waals surface area contributed by atoms with Gasteiger partial charge >= 0.3 is 5.97 Å². The lowest BCUT2D eigenvalue weighted by Crippen LogP contribution is -2.37. The van der Waals surface area contributed by atoms with Gasteiger partial charge < -0.3 is 14.5 Å². The first-order chi connectivity index (χ1) is 9.15. The average Bonchev–Trinajstić information content (AvgIpc) is 2.93. The molecule has 19 heavy (non-hydrogen) atoms. The number of nitrogens with zero attached hydrogens (tertiary/aromatic N) is 2. The van der Waals surface area contributed by atoms with Crippen LogP contribution in [0.3, 0.4) is 0 Å². The molecule has 1 aliphatic carbocycles. The largest absolute Gasteiger partial charge is 0.481 e. The molecule has 1 atom stereocenters. The summed E-state index contributed by atoms with van der Waals surface area (Å²) in [6.45, 7) is 0.600. The number of hydrogen-bond acceptors (Lipinski definition) is 4. The Balaban J connectivity index is 1.72. The van der Waals surface area contributed by atoms with Crippen LogP contribution in [0.1, 0.15) is 54.3 Å². The zero-order valence-corrected chi connectivity index (χ0v) is 10.5. The highest BCUT2D eigenvalue weighted by Gasteiger charge is 2.34. The Kier molecular flexibility index (Phi) is 3.00. The van der Waals surface area contributed by atoms with Crippen molar-refractivity contribution in [1.82, 2.24) is 10.1 Å². The van der Waals surface area contributed by atoms with Crippen LogP contribution in [0.2, 0.25) is 0 Å². The van der Waals surface area contributed by atoms with Gasteiger partial charge in [0.1, 0.15) is 5.76 Å². The lowest BCUT2D eigenvalue weighted by atomic mass is 10.1. The maximum Gasteiger partial charge on any atom is 0.305 e. The second-order valence-corrected chi connectivity index (χ2v) is 5.28. The smallest absolute Gasteiger partial charge is 0.305 e. The van der Waals surface area contributed by atoms with Crippen molar-refractivity contribution in [2.24, 2.45) is 0 Å². The van der Waals surface area contributed by atoms with E-state index in [1.165, 1.54) is 0 Å². The van der Waals surface area contributed by atoms with Gasteiger partial charge in [-0.15, -0.1) is 0 Å². The first-order valence-corrected chi connectivity index (χ1v) is 6.64. The molecule has 0 aromatic carbocycles. The minimum absolute atomic E-state index is 0.000919. The molecule has 0 radical (unpaired) electrons. The van der Waals surface area contributed by atoms with E-state index in [4.69, 9.17) is 9.63 Å². The minimum Gasteiger partial charge on any atom is -0.481 e. The standard InChI is InChI=1S/C13H16N2O4/c16-12(17)6-9-2-1-5-15(9)13(18)10-7-11(19-14-10)8-3-4-8/h7-9H,1-6H2,(H,16,17). The summed E-state index contributed by atoms with van der Waals surface area (Å²) in [4.78, 5) is 24.7. The number of aliphatic carboxylic acids is 1. The third-order valence-electron chi connectivity index (χ3n) is 3.78. The van der Waals surface area contributed by atoms with Crippen LogP contribution in [0.15, 0.2) is 10.6 Å². The normalized spacial score (nSPS) is 22.7. The first-order valence-electron chi connectivity index (χ1n) is 6.64. The molecule has 0 spiro atoms. The lowest BCUT2D eigenvalue weighted by Gasteiger charge is -2.22. The Labute approximate surface area is 110 Å². The molecular formula is C13H16N2O4. The predicted octanol–water partition coefficient (Wildman–Crippen LogP) is 1.63. The molecule has 1 aromatic heterocycles. The van der Waals surface area contributed by atoms with E-state index in [0.717, 1.165) is 31.4 Å². The molecule has 1 saturated heterocycles. The summed E-state index contributed by atoms with van der Waals surface area (Å²) in [6.07, 6.45) is 3.77. The van der Waals surface area contributed by atoms with E-state index in [9.17, 15) is 9.59 Å². The van der Waals surface area contributed by atoms with Gasteiger partial charge in [0.25, 0.3) is 5.91 Å². The first kappa shape index (κ1) is 12.2. The van der Waals surface area contributed by atoms with Crippen molar-refractivity contribution in [2.75, 3.05) is 6.54 Å². The van der Waals surface area contributed by atoms with Gasteiger partial charge in [0.05, 0.1) is 6.42 Å². The van der Waals surface area contributed by atoms with E-state index in [1.807, 2.05) is 0 Å². The Morgan fingerprint density at radius 1 is 1.42 bits per heavy atom. The minimum atomic E-state index is -0.872. The topological polar surface area (TPSA) is 83.6 Å². The second-order valence-electron chi connectivity index (χ2n) is 5.28. The van der Waals surface area contributed by atoms with Gasteiger partial charge in [-0.05, 0) is 25.7 Å². The number of carboxylic acid groups (broad SMARTS) is 1. The van der Waals surface area contributed by atoms with Gasteiger partial charge in [-0.25, -0.2) is 0 Å². The number of likely N-dealkylation sites (tertiary alicyclic amines) is 1. The van der Waals surface area contributed by atoms with Crippen molar-refractivity contribution in [1.29, 1.82) is 0 Å². The second kappa shape index (κ2) is 4.68.